The smallest absolute Gasteiger partial charge is 0.309 e. The van der Waals surface area contributed by atoms with Crippen molar-refractivity contribution in [3.8, 4) is 0 Å². The molecule has 2 rings (SSSR count). The standard InChI is InChI=1S/C14H19NO2/c1-15(2)13-7-6-10-4-5-11(14(16)17-3)8-12(10)9-13/h6-7,9,11H,4-5,8H2,1-3H3. The molecule has 1 unspecified atom stereocenters. The van der Waals surface area contributed by atoms with Crippen LogP contribution in [-0.2, 0) is 22.4 Å². The Morgan fingerprint density at radius 1 is 1.35 bits per heavy atom. The average molecular weight is 233 g/mol. The number of methoxy groups -OCH3 is 1. The van der Waals surface area contributed by atoms with Crippen LogP contribution in [0.15, 0.2) is 18.2 Å². The number of aryl methyl sites for hydroxylation is 1. The summed E-state index contributed by atoms with van der Waals surface area (Å²) in [6, 6.07) is 6.50. The normalized spacial score (nSPS) is 18.4. The van der Waals surface area contributed by atoms with Crippen molar-refractivity contribution in [3.63, 3.8) is 0 Å². The summed E-state index contributed by atoms with van der Waals surface area (Å²) in [6.45, 7) is 0. The number of carbonyl (C=O) groups excluding carboxylic acids is 1. The highest BCUT2D eigenvalue weighted by atomic mass is 16.5. The van der Waals surface area contributed by atoms with Crippen LogP contribution in [0.1, 0.15) is 17.5 Å². The fraction of sp³-hybridized carbons (Fsp3) is 0.500. The molecule has 0 saturated heterocycles. The molecule has 0 N–H and O–H groups in total. The lowest BCUT2D eigenvalue weighted by molar-refractivity contribution is -0.145. The van der Waals surface area contributed by atoms with Crippen LogP contribution < -0.4 is 4.90 Å². The third-order valence-corrected chi connectivity index (χ3v) is 3.47. The molecule has 0 saturated carbocycles. The number of anilines is 1. The Morgan fingerprint density at radius 3 is 2.76 bits per heavy atom. The van der Waals surface area contributed by atoms with Crippen LogP contribution in [0.2, 0.25) is 0 Å². The molecule has 0 aromatic heterocycles. The third-order valence-electron chi connectivity index (χ3n) is 3.47. The van der Waals surface area contributed by atoms with E-state index < -0.39 is 0 Å². The van der Waals surface area contributed by atoms with Crippen LogP contribution in [0.5, 0.6) is 0 Å². The van der Waals surface area contributed by atoms with Gasteiger partial charge < -0.3 is 9.64 Å². The second-order valence-electron chi connectivity index (χ2n) is 4.81. The predicted octanol–water partition coefficient (Wildman–Crippen LogP) is 2.03. The van der Waals surface area contributed by atoms with Crippen molar-refractivity contribution < 1.29 is 9.53 Å². The maximum absolute atomic E-state index is 11.6. The van der Waals surface area contributed by atoms with E-state index in [-0.39, 0.29) is 11.9 Å². The molecular formula is C14H19NO2. The largest absolute Gasteiger partial charge is 0.469 e. The number of rotatable bonds is 2. The van der Waals surface area contributed by atoms with E-state index in [4.69, 9.17) is 4.74 Å². The SMILES string of the molecule is COC(=O)C1CCc2ccc(N(C)C)cc2C1. The molecule has 1 aliphatic carbocycles. The van der Waals surface area contributed by atoms with Gasteiger partial charge in [0.2, 0.25) is 0 Å². The lowest BCUT2D eigenvalue weighted by Crippen LogP contribution is -2.24. The van der Waals surface area contributed by atoms with Crippen LogP contribution in [0.4, 0.5) is 5.69 Å². The molecule has 1 aromatic rings. The molecule has 0 heterocycles. The van der Waals surface area contributed by atoms with Gasteiger partial charge in [-0.15, -0.1) is 0 Å². The number of carbonyl (C=O) groups is 1. The lowest BCUT2D eigenvalue weighted by atomic mass is 9.83. The molecule has 1 aromatic carbocycles. The highest BCUT2D eigenvalue weighted by Crippen LogP contribution is 2.29. The van der Waals surface area contributed by atoms with E-state index in [9.17, 15) is 4.79 Å². The molecule has 1 atom stereocenters. The van der Waals surface area contributed by atoms with Crippen molar-refractivity contribution >= 4 is 11.7 Å². The van der Waals surface area contributed by atoms with Crippen LogP contribution >= 0.6 is 0 Å². The Bertz CT molecular complexity index is 426. The van der Waals surface area contributed by atoms with Crippen LogP contribution in [0.25, 0.3) is 0 Å². The van der Waals surface area contributed by atoms with E-state index in [0.717, 1.165) is 19.3 Å². The summed E-state index contributed by atoms with van der Waals surface area (Å²) in [7, 11) is 5.53. The van der Waals surface area contributed by atoms with E-state index in [1.165, 1.54) is 23.9 Å². The zero-order valence-corrected chi connectivity index (χ0v) is 10.7. The number of hydrogen-bond donors (Lipinski definition) is 0. The Labute approximate surface area is 102 Å². The van der Waals surface area contributed by atoms with Gasteiger partial charge in [-0.05, 0) is 42.5 Å². The molecule has 0 aliphatic heterocycles. The molecule has 0 fully saturated rings. The first-order chi connectivity index (χ1) is 8.11. The monoisotopic (exact) mass is 233 g/mol. The van der Waals surface area contributed by atoms with Crippen LogP contribution in [0, 0.1) is 5.92 Å². The molecule has 92 valence electrons. The minimum absolute atomic E-state index is 0.0323. The van der Waals surface area contributed by atoms with Crippen molar-refractivity contribution in [2.24, 2.45) is 5.92 Å². The minimum Gasteiger partial charge on any atom is -0.469 e. The molecule has 3 heteroatoms. The Balaban J connectivity index is 2.23. The Hall–Kier alpha value is -1.51. The van der Waals surface area contributed by atoms with Gasteiger partial charge in [-0.1, -0.05) is 6.07 Å². The van der Waals surface area contributed by atoms with Gasteiger partial charge in [0.25, 0.3) is 0 Å². The van der Waals surface area contributed by atoms with Crippen molar-refractivity contribution in [1.29, 1.82) is 0 Å². The van der Waals surface area contributed by atoms with Crippen LogP contribution in [-0.4, -0.2) is 27.2 Å². The average Bonchev–Trinajstić information content (AvgIpc) is 2.36. The summed E-state index contributed by atoms with van der Waals surface area (Å²) in [5.74, 6) is -0.0455. The fourth-order valence-electron chi connectivity index (χ4n) is 2.39. The molecule has 0 amide bonds. The molecule has 0 radical (unpaired) electrons. The molecule has 17 heavy (non-hydrogen) atoms. The number of fused-ring (bicyclic) bond motifs is 1. The first-order valence-corrected chi connectivity index (χ1v) is 5.98. The van der Waals surface area contributed by atoms with Gasteiger partial charge in [-0.25, -0.2) is 0 Å². The van der Waals surface area contributed by atoms with Crippen molar-refractivity contribution in [3.05, 3.63) is 29.3 Å². The third kappa shape index (κ3) is 2.43. The Morgan fingerprint density at radius 2 is 2.12 bits per heavy atom. The second-order valence-corrected chi connectivity index (χ2v) is 4.81. The highest BCUT2D eigenvalue weighted by molar-refractivity contribution is 5.73. The Kier molecular flexibility index (Phi) is 3.36. The molecule has 0 bridgehead atoms. The quantitative estimate of drug-likeness (QED) is 0.732. The predicted molar refractivity (Wildman–Crippen MR) is 68.3 cm³/mol. The summed E-state index contributed by atoms with van der Waals surface area (Å²) in [5, 5.41) is 0. The second kappa shape index (κ2) is 4.78. The zero-order chi connectivity index (χ0) is 12.4. The molecular weight excluding hydrogens is 214 g/mol. The van der Waals surface area contributed by atoms with E-state index in [1.54, 1.807) is 0 Å². The summed E-state index contributed by atoms with van der Waals surface area (Å²) in [4.78, 5) is 13.6. The first kappa shape index (κ1) is 12.0. The van der Waals surface area contributed by atoms with Gasteiger partial charge in [-0.2, -0.15) is 0 Å². The fourth-order valence-corrected chi connectivity index (χ4v) is 2.39. The summed E-state index contributed by atoms with van der Waals surface area (Å²) < 4.78 is 4.83. The van der Waals surface area contributed by atoms with E-state index in [0.29, 0.717) is 0 Å². The number of nitrogens with zero attached hydrogens (tertiary/aromatic N) is 1. The number of ether oxygens (including phenoxy) is 1. The lowest BCUT2D eigenvalue weighted by Gasteiger charge is -2.24. The van der Waals surface area contributed by atoms with Gasteiger partial charge in [0.05, 0.1) is 13.0 Å². The number of benzene rings is 1. The van der Waals surface area contributed by atoms with Gasteiger partial charge in [0.1, 0.15) is 0 Å². The minimum atomic E-state index is -0.0779. The first-order valence-electron chi connectivity index (χ1n) is 5.98. The number of hydrogen-bond acceptors (Lipinski definition) is 3. The number of esters is 1. The van der Waals surface area contributed by atoms with Crippen LogP contribution in [0.3, 0.4) is 0 Å². The van der Waals surface area contributed by atoms with E-state index in [2.05, 4.69) is 23.1 Å². The maximum Gasteiger partial charge on any atom is 0.309 e. The van der Waals surface area contributed by atoms with E-state index in [1.807, 2.05) is 14.1 Å². The van der Waals surface area contributed by atoms with Gasteiger partial charge >= 0.3 is 5.97 Å². The topological polar surface area (TPSA) is 29.5 Å². The molecule has 1 aliphatic rings. The van der Waals surface area contributed by atoms with E-state index >= 15 is 0 Å². The molecule has 3 nitrogen and oxygen atoms in total. The van der Waals surface area contributed by atoms with Crippen molar-refractivity contribution in [2.45, 2.75) is 19.3 Å². The van der Waals surface area contributed by atoms with Crippen molar-refractivity contribution in [2.75, 3.05) is 26.1 Å². The summed E-state index contributed by atoms with van der Waals surface area (Å²) in [5.41, 5.74) is 3.85. The molecule has 0 spiro atoms. The summed E-state index contributed by atoms with van der Waals surface area (Å²) >= 11 is 0. The zero-order valence-electron chi connectivity index (χ0n) is 10.7. The van der Waals surface area contributed by atoms with Gasteiger partial charge in [-0.3, -0.25) is 4.79 Å². The summed E-state index contributed by atoms with van der Waals surface area (Å²) in [6.07, 6.45) is 2.69. The van der Waals surface area contributed by atoms with Crippen molar-refractivity contribution in [1.82, 2.24) is 0 Å². The van der Waals surface area contributed by atoms with Gasteiger partial charge in [0, 0.05) is 19.8 Å². The highest BCUT2D eigenvalue weighted by Gasteiger charge is 2.25. The maximum atomic E-state index is 11.6. The van der Waals surface area contributed by atoms with Gasteiger partial charge in [0.15, 0.2) is 0 Å².